The van der Waals surface area contributed by atoms with Crippen molar-refractivity contribution in [1.82, 2.24) is 9.29 Å². The lowest BCUT2D eigenvalue weighted by Crippen LogP contribution is -2.22. The van der Waals surface area contributed by atoms with Crippen molar-refractivity contribution in [3.8, 4) is 5.75 Å². The van der Waals surface area contributed by atoms with Gasteiger partial charge in [-0.1, -0.05) is 36.4 Å². The highest BCUT2D eigenvalue weighted by atomic mass is 32.2. The number of carbonyl (C=O) groups excluding carboxylic acids is 1. The Morgan fingerprint density at radius 2 is 1.72 bits per heavy atom. The SMILES string of the molecule is CN(C)S(=O)(=O)c1ccc(OCc2ccccc2)c(C(=O)Cc2cccnc2)c1. The van der Waals surface area contributed by atoms with Crippen LogP contribution in [0.25, 0.3) is 0 Å². The van der Waals surface area contributed by atoms with Crippen molar-refractivity contribution in [1.29, 1.82) is 0 Å². The molecule has 0 atom stereocenters. The summed E-state index contributed by atoms with van der Waals surface area (Å²) in [5.41, 5.74) is 1.92. The van der Waals surface area contributed by atoms with Gasteiger partial charge in [-0.3, -0.25) is 9.78 Å². The summed E-state index contributed by atoms with van der Waals surface area (Å²) in [6.07, 6.45) is 3.34. The van der Waals surface area contributed by atoms with E-state index in [0.29, 0.717) is 5.75 Å². The maximum atomic E-state index is 13.0. The first kappa shape index (κ1) is 20.7. The van der Waals surface area contributed by atoms with E-state index >= 15 is 0 Å². The third-order valence-corrected chi connectivity index (χ3v) is 6.17. The predicted molar refractivity (Wildman–Crippen MR) is 110 cm³/mol. The number of nitrogens with zero attached hydrogens (tertiary/aromatic N) is 2. The molecule has 0 fully saturated rings. The third-order valence-electron chi connectivity index (χ3n) is 4.35. The average Bonchev–Trinajstić information content (AvgIpc) is 2.73. The predicted octanol–water partition coefficient (Wildman–Crippen LogP) is 3.34. The molecule has 7 heteroatoms. The van der Waals surface area contributed by atoms with Crippen LogP contribution >= 0.6 is 0 Å². The summed E-state index contributed by atoms with van der Waals surface area (Å²) in [6, 6.07) is 17.5. The summed E-state index contributed by atoms with van der Waals surface area (Å²) in [6.45, 7) is 0.272. The summed E-state index contributed by atoms with van der Waals surface area (Å²) in [4.78, 5) is 17.0. The number of ketones is 1. The van der Waals surface area contributed by atoms with E-state index < -0.39 is 10.0 Å². The molecule has 0 saturated heterocycles. The van der Waals surface area contributed by atoms with Gasteiger partial charge in [0.2, 0.25) is 10.0 Å². The fourth-order valence-corrected chi connectivity index (χ4v) is 3.67. The number of hydrogen-bond donors (Lipinski definition) is 0. The number of aromatic nitrogens is 1. The van der Waals surface area contributed by atoms with E-state index in [9.17, 15) is 13.2 Å². The van der Waals surface area contributed by atoms with Crippen LogP contribution in [0.5, 0.6) is 5.75 Å². The van der Waals surface area contributed by atoms with E-state index in [1.165, 1.54) is 32.3 Å². The average molecular weight is 410 g/mol. The normalized spacial score (nSPS) is 11.4. The van der Waals surface area contributed by atoms with E-state index in [4.69, 9.17) is 4.74 Å². The van der Waals surface area contributed by atoms with Gasteiger partial charge < -0.3 is 4.74 Å². The second-order valence-electron chi connectivity index (χ2n) is 6.68. The lowest BCUT2D eigenvalue weighted by atomic mass is 10.0. The van der Waals surface area contributed by atoms with Crippen molar-refractivity contribution in [3.05, 3.63) is 89.7 Å². The largest absolute Gasteiger partial charge is 0.488 e. The number of rotatable bonds is 8. The fourth-order valence-electron chi connectivity index (χ4n) is 2.74. The lowest BCUT2D eigenvalue weighted by molar-refractivity contribution is 0.0988. The van der Waals surface area contributed by atoms with Crippen molar-refractivity contribution in [3.63, 3.8) is 0 Å². The van der Waals surface area contributed by atoms with Gasteiger partial charge in [0, 0.05) is 32.9 Å². The Balaban J connectivity index is 1.94. The second-order valence-corrected chi connectivity index (χ2v) is 8.83. The van der Waals surface area contributed by atoms with Gasteiger partial charge in [0.15, 0.2) is 5.78 Å². The highest BCUT2D eigenvalue weighted by molar-refractivity contribution is 7.89. The van der Waals surface area contributed by atoms with Crippen LogP contribution in [-0.2, 0) is 23.1 Å². The zero-order valence-corrected chi connectivity index (χ0v) is 17.1. The molecule has 29 heavy (non-hydrogen) atoms. The summed E-state index contributed by atoms with van der Waals surface area (Å²) in [5.74, 6) is 0.109. The molecule has 150 valence electrons. The first-order chi connectivity index (χ1) is 13.9. The topological polar surface area (TPSA) is 76.6 Å². The highest BCUT2D eigenvalue weighted by Gasteiger charge is 2.22. The number of carbonyl (C=O) groups is 1. The van der Waals surface area contributed by atoms with Crippen LogP contribution in [0.15, 0.2) is 78.0 Å². The molecule has 3 rings (SSSR count). The van der Waals surface area contributed by atoms with Gasteiger partial charge in [-0.15, -0.1) is 0 Å². The van der Waals surface area contributed by atoms with Gasteiger partial charge in [-0.25, -0.2) is 12.7 Å². The molecule has 0 amide bonds. The van der Waals surface area contributed by atoms with Crippen LogP contribution in [0.3, 0.4) is 0 Å². The first-order valence-electron chi connectivity index (χ1n) is 9.03. The van der Waals surface area contributed by atoms with Crippen molar-refractivity contribution in [2.45, 2.75) is 17.9 Å². The van der Waals surface area contributed by atoms with Crippen molar-refractivity contribution < 1.29 is 17.9 Å². The number of Topliss-reactive ketones (excluding diaryl/α,β-unsaturated/α-hetero) is 1. The molecule has 0 aliphatic heterocycles. The summed E-state index contributed by atoms with van der Waals surface area (Å²) >= 11 is 0. The number of benzene rings is 2. The molecule has 0 N–H and O–H groups in total. The Morgan fingerprint density at radius 1 is 1.00 bits per heavy atom. The van der Waals surface area contributed by atoms with E-state index in [1.807, 2.05) is 30.3 Å². The number of hydrogen-bond acceptors (Lipinski definition) is 5. The molecule has 1 heterocycles. The minimum absolute atomic E-state index is 0.0455. The molecule has 1 aromatic heterocycles. The van der Waals surface area contributed by atoms with Crippen molar-refractivity contribution >= 4 is 15.8 Å². The molecular weight excluding hydrogens is 388 g/mol. The summed E-state index contributed by atoms with van der Waals surface area (Å²) < 4.78 is 32.0. The minimum atomic E-state index is -3.68. The molecule has 0 aliphatic rings. The smallest absolute Gasteiger partial charge is 0.242 e. The van der Waals surface area contributed by atoms with Crippen LogP contribution in [0.2, 0.25) is 0 Å². The Labute approximate surface area is 170 Å². The maximum absolute atomic E-state index is 13.0. The van der Waals surface area contributed by atoms with Crippen LogP contribution in [0, 0.1) is 0 Å². The third kappa shape index (κ3) is 5.07. The van der Waals surface area contributed by atoms with Gasteiger partial charge in [0.05, 0.1) is 10.5 Å². The minimum Gasteiger partial charge on any atom is -0.488 e. The van der Waals surface area contributed by atoms with Gasteiger partial charge >= 0.3 is 0 Å². The van der Waals surface area contributed by atoms with E-state index in [-0.39, 0.29) is 29.3 Å². The van der Waals surface area contributed by atoms with Crippen LogP contribution in [0.1, 0.15) is 21.5 Å². The number of pyridine rings is 1. The second kappa shape index (κ2) is 8.98. The van der Waals surface area contributed by atoms with E-state index in [0.717, 1.165) is 15.4 Å². The fraction of sp³-hybridized carbons (Fsp3) is 0.182. The zero-order valence-electron chi connectivity index (χ0n) is 16.3. The lowest BCUT2D eigenvalue weighted by Gasteiger charge is -2.15. The monoisotopic (exact) mass is 410 g/mol. The standard InChI is InChI=1S/C22H22N2O4S/c1-24(2)29(26,27)19-10-11-22(28-16-17-7-4-3-5-8-17)20(14-19)21(25)13-18-9-6-12-23-15-18/h3-12,14-15H,13,16H2,1-2H3. The van der Waals surface area contributed by atoms with Crippen molar-refractivity contribution in [2.75, 3.05) is 14.1 Å². The first-order valence-corrected chi connectivity index (χ1v) is 10.5. The molecule has 0 unspecified atom stereocenters. The molecule has 0 spiro atoms. The Bertz CT molecular complexity index is 1080. The Morgan fingerprint density at radius 3 is 2.38 bits per heavy atom. The van der Waals surface area contributed by atoms with Gasteiger partial charge in [0.25, 0.3) is 0 Å². The molecule has 6 nitrogen and oxygen atoms in total. The Hall–Kier alpha value is -3.03. The van der Waals surface area contributed by atoms with Gasteiger partial charge in [-0.05, 0) is 35.4 Å². The molecule has 0 radical (unpaired) electrons. The maximum Gasteiger partial charge on any atom is 0.242 e. The molecule has 0 aliphatic carbocycles. The summed E-state index contributed by atoms with van der Waals surface area (Å²) in [5, 5.41) is 0. The Kier molecular flexibility index (Phi) is 6.41. The molecule has 3 aromatic rings. The van der Waals surface area contributed by atoms with Gasteiger partial charge in [-0.2, -0.15) is 0 Å². The van der Waals surface area contributed by atoms with E-state index in [2.05, 4.69) is 4.98 Å². The molecular formula is C22H22N2O4S. The van der Waals surface area contributed by atoms with Crippen LogP contribution in [-0.4, -0.2) is 37.6 Å². The number of sulfonamides is 1. The van der Waals surface area contributed by atoms with E-state index in [1.54, 1.807) is 24.5 Å². The van der Waals surface area contributed by atoms with Crippen molar-refractivity contribution in [2.24, 2.45) is 0 Å². The quantitative estimate of drug-likeness (QED) is 0.533. The van der Waals surface area contributed by atoms with Gasteiger partial charge in [0.1, 0.15) is 12.4 Å². The zero-order chi connectivity index (χ0) is 20.9. The summed E-state index contributed by atoms with van der Waals surface area (Å²) in [7, 11) is -0.775. The molecule has 2 aromatic carbocycles. The highest BCUT2D eigenvalue weighted by Crippen LogP contribution is 2.26. The van der Waals surface area contributed by atoms with Crippen LogP contribution < -0.4 is 4.74 Å². The molecule has 0 bridgehead atoms. The number of ether oxygens (including phenoxy) is 1. The molecule has 0 saturated carbocycles. The van der Waals surface area contributed by atoms with Crippen LogP contribution in [0.4, 0.5) is 0 Å².